The summed E-state index contributed by atoms with van der Waals surface area (Å²) in [6.45, 7) is -0.160. The fraction of sp³-hybridized carbons (Fsp3) is 0.105. The minimum atomic E-state index is -1.12. The molecule has 2 heterocycles. The van der Waals surface area contributed by atoms with E-state index in [1.165, 1.54) is 0 Å². The van der Waals surface area contributed by atoms with E-state index in [1.54, 1.807) is 30.6 Å². The summed E-state index contributed by atoms with van der Waals surface area (Å²) >= 11 is 6.39. The molecule has 0 aliphatic carbocycles. The van der Waals surface area contributed by atoms with Crippen LogP contribution < -0.4 is 5.32 Å². The number of amides is 1. The molecule has 4 rings (SSSR count). The Kier molecular flexibility index (Phi) is 4.62. The molecule has 1 aromatic heterocycles. The number of nitrogens with one attached hydrogen (secondary N) is 1. The van der Waals surface area contributed by atoms with Crippen LogP contribution in [0.4, 0.5) is 0 Å². The quantitative estimate of drug-likeness (QED) is 0.703. The van der Waals surface area contributed by atoms with Gasteiger partial charge in [0.05, 0.1) is 11.4 Å². The lowest BCUT2D eigenvalue weighted by atomic mass is 9.98. The van der Waals surface area contributed by atoms with E-state index in [0.717, 1.165) is 11.3 Å². The Morgan fingerprint density at radius 3 is 2.79 bits per heavy atom. The Morgan fingerprint density at radius 1 is 1.18 bits per heavy atom. The zero-order chi connectivity index (χ0) is 19.7. The van der Waals surface area contributed by atoms with Gasteiger partial charge >= 0.3 is 5.97 Å². The van der Waals surface area contributed by atoms with E-state index in [2.05, 4.69) is 20.5 Å². The van der Waals surface area contributed by atoms with Crippen LogP contribution in [0.5, 0.6) is 0 Å². The predicted molar refractivity (Wildman–Crippen MR) is 102 cm³/mol. The van der Waals surface area contributed by atoms with Gasteiger partial charge in [-0.1, -0.05) is 29.8 Å². The first kappa shape index (κ1) is 17.9. The highest BCUT2D eigenvalue weighted by molar-refractivity contribution is 6.35. The molecule has 9 heteroatoms. The topological polar surface area (TPSA) is 109 Å². The second kappa shape index (κ2) is 7.24. The number of nitrogens with zero attached hydrogens (tertiary/aromatic N) is 4. The van der Waals surface area contributed by atoms with Gasteiger partial charge in [0.25, 0.3) is 5.91 Å². The van der Waals surface area contributed by atoms with Crippen molar-refractivity contribution < 1.29 is 14.7 Å². The summed E-state index contributed by atoms with van der Waals surface area (Å²) < 4.78 is 1.81. The number of aliphatic imine (C=N–C) groups is 1. The summed E-state index contributed by atoms with van der Waals surface area (Å²) in [5, 5.41) is 19.7. The zero-order valence-corrected chi connectivity index (χ0v) is 15.2. The SMILES string of the molecule is O=C(O)CNC(=O)c1ccc2c(c1)C(c1ccccc1Cl)=NCc1nncn1-2. The molecule has 0 radical (unpaired) electrons. The van der Waals surface area contributed by atoms with Crippen LogP contribution in [0.2, 0.25) is 5.02 Å². The van der Waals surface area contributed by atoms with Crippen molar-refractivity contribution in [3.05, 3.63) is 76.3 Å². The third-order valence-electron chi connectivity index (χ3n) is 4.30. The number of carbonyl (C=O) groups is 2. The van der Waals surface area contributed by atoms with Gasteiger partial charge < -0.3 is 10.4 Å². The van der Waals surface area contributed by atoms with Crippen LogP contribution in [-0.2, 0) is 11.3 Å². The van der Waals surface area contributed by atoms with E-state index in [4.69, 9.17) is 16.7 Å². The molecule has 140 valence electrons. The van der Waals surface area contributed by atoms with Crippen molar-refractivity contribution in [1.82, 2.24) is 20.1 Å². The van der Waals surface area contributed by atoms with Gasteiger partial charge in [0.1, 0.15) is 19.4 Å². The Hall–Kier alpha value is -3.52. The molecule has 3 aromatic rings. The molecule has 0 spiro atoms. The first-order chi connectivity index (χ1) is 13.5. The summed E-state index contributed by atoms with van der Waals surface area (Å²) in [6.07, 6.45) is 1.59. The number of hydrogen-bond acceptors (Lipinski definition) is 5. The van der Waals surface area contributed by atoms with Crippen LogP contribution in [0.15, 0.2) is 53.8 Å². The van der Waals surface area contributed by atoms with Crippen molar-refractivity contribution in [3.8, 4) is 5.69 Å². The molecule has 0 saturated carbocycles. The fourth-order valence-corrected chi connectivity index (χ4v) is 3.25. The molecule has 1 aliphatic rings. The Morgan fingerprint density at radius 2 is 2.00 bits per heavy atom. The van der Waals surface area contributed by atoms with Gasteiger partial charge in [0.15, 0.2) is 5.82 Å². The summed E-state index contributed by atoms with van der Waals surface area (Å²) in [7, 11) is 0. The second-order valence-electron chi connectivity index (χ2n) is 6.07. The van der Waals surface area contributed by atoms with Crippen LogP contribution in [0.3, 0.4) is 0 Å². The number of hydrogen-bond donors (Lipinski definition) is 2. The van der Waals surface area contributed by atoms with Gasteiger partial charge in [-0.15, -0.1) is 10.2 Å². The minimum absolute atomic E-state index is 0.301. The highest BCUT2D eigenvalue weighted by Gasteiger charge is 2.22. The number of carbonyl (C=O) groups excluding carboxylic acids is 1. The molecule has 2 N–H and O–H groups in total. The monoisotopic (exact) mass is 395 g/mol. The van der Waals surface area contributed by atoms with E-state index in [9.17, 15) is 9.59 Å². The Bertz CT molecular complexity index is 1120. The summed E-state index contributed by atoms with van der Waals surface area (Å²) in [6, 6.07) is 12.4. The van der Waals surface area contributed by atoms with E-state index in [0.29, 0.717) is 34.2 Å². The van der Waals surface area contributed by atoms with Gasteiger partial charge in [0, 0.05) is 21.7 Å². The lowest BCUT2D eigenvalue weighted by Crippen LogP contribution is -2.29. The maximum Gasteiger partial charge on any atom is 0.322 e. The van der Waals surface area contributed by atoms with Gasteiger partial charge in [0.2, 0.25) is 0 Å². The summed E-state index contributed by atoms with van der Waals surface area (Å²) in [5.74, 6) is -0.945. The van der Waals surface area contributed by atoms with Gasteiger partial charge in [-0.25, -0.2) is 0 Å². The largest absolute Gasteiger partial charge is 0.480 e. The van der Waals surface area contributed by atoms with Crippen molar-refractivity contribution >= 4 is 29.2 Å². The van der Waals surface area contributed by atoms with Crippen molar-refractivity contribution in [1.29, 1.82) is 0 Å². The Labute approximate surface area is 164 Å². The Balaban J connectivity index is 1.85. The highest BCUT2D eigenvalue weighted by atomic mass is 35.5. The van der Waals surface area contributed by atoms with Gasteiger partial charge in [-0.3, -0.25) is 19.1 Å². The number of fused-ring (bicyclic) bond motifs is 3. The third kappa shape index (κ3) is 3.25. The average Bonchev–Trinajstić information content (AvgIpc) is 3.10. The van der Waals surface area contributed by atoms with Crippen LogP contribution >= 0.6 is 11.6 Å². The maximum atomic E-state index is 12.4. The van der Waals surface area contributed by atoms with Crippen molar-refractivity contribution in [2.24, 2.45) is 4.99 Å². The molecule has 0 saturated heterocycles. The number of carboxylic acid groups (broad SMARTS) is 1. The molecule has 0 unspecified atom stereocenters. The number of rotatable bonds is 4. The fourth-order valence-electron chi connectivity index (χ4n) is 3.02. The smallest absolute Gasteiger partial charge is 0.322 e. The van der Waals surface area contributed by atoms with Gasteiger partial charge in [-0.05, 0) is 24.3 Å². The van der Waals surface area contributed by atoms with Crippen LogP contribution in [0.25, 0.3) is 5.69 Å². The first-order valence-electron chi connectivity index (χ1n) is 8.37. The molecule has 8 nitrogen and oxygen atoms in total. The number of aliphatic carboxylic acids is 1. The van der Waals surface area contributed by atoms with E-state index in [-0.39, 0.29) is 0 Å². The standard InChI is InChI=1S/C19H14ClN5O3/c20-14-4-2-1-3-12(14)18-13-7-11(19(28)22-9-17(26)27)5-6-15(13)25-10-23-24-16(25)8-21-18/h1-7,10H,8-9H2,(H,22,28)(H,26,27). The second-order valence-corrected chi connectivity index (χ2v) is 6.48. The first-order valence-corrected chi connectivity index (χ1v) is 8.75. The number of benzene rings is 2. The van der Waals surface area contributed by atoms with Gasteiger partial charge in [-0.2, -0.15) is 0 Å². The molecule has 0 atom stereocenters. The highest BCUT2D eigenvalue weighted by Crippen LogP contribution is 2.28. The molecular weight excluding hydrogens is 382 g/mol. The molecule has 2 aromatic carbocycles. The van der Waals surface area contributed by atoms with Crippen molar-refractivity contribution in [3.63, 3.8) is 0 Å². The number of halogens is 1. The molecule has 0 fully saturated rings. The summed E-state index contributed by atoms with van der Waals surface area (Å²) in [5.41, 5.74) is 3.10. The number of carboxylic acids is 1. The molecule has 0 bridgehead atoms. The molecule has 28 heavy (non-hydrogen) atoms. The zero-order valence-electron chi connectivity index (χ0n) is 14.5. The minimum Gasteiger partial charge on any atom is -0.480 e. The van der Waals surface area contributed by atoms with E-state index >= 15 is 0 Å². The maximum absolute atomic E-state index is 12.4. The van der Waals surface area contributed by atoms with Crippen LogP contribution in [-0.4, -0.2) is 44.0 Å². The lowest BCUT2D eigenvalue weighted by Gasteiger charge is -2.14. The van der Waals surface area contributed by atoms with Crippen molar-refractivity contribution in [2.75, 3.05) is 6.54 Å². The average molecular weight is 396 g/mol. The van der Waals surface area contributed by atoms with Crippen molar-refractivity contribution in [2.45, 2.75) is 6.54 Å². The van der Waals surface area contributed by atoms with Crippen LogP contribution in [0.1, 0.15) is 27.3 Å². The molecule has 1 aliphatic heterocycles. The molecular formula is C19H14ClN5O3. The lowest BCUT2D eigenvalue weighted by molar-refractivity contribution is -0.135. The predicted octanol–water partition coefficient (Wildman–Crippen LogP) is 2.09. The van der Waals surface area contributed by atoms with E-state index < -0.39 is 18.4 Å². The normalized spacial score (nSPS) is 12.4. The summed E-state index contributed by atoms with van der Waals surface area (Å²) in [4.78, 5) is 27.8. The van der Waals surface area contributed by atoms with E-state index in [1.807, 2.05) is 22.8 Å². The number of aromatic nitrogens is 3. The molecule has 1 amide bonds. The van der Waals surface area contributed by atoms with Crippen LogP contribution in [0, 0.1) is 0 Å². The third-order valence-corrected chi connectivity index (χ3v) is 4.63.